The van der Waals surface area contributed by atoms with Gasteiger partial charge in [-0.05, 0) is 62.1 Å². The number of thiophene rings is 1. The second kappa shape index (κ2) is 7.05. The molecular formula is C18H25NS. The summed E-state index contributed by atoms with van der Waals surface area (Å²) in [5.41, 5.74) is 4.12. The van der Waals surface area contributed by atoms with Crippen LogP contribution in [0.4, 0.5) is 0 Å². The van der Waals surface area contributed by atoms with Crippen LogP contribution in [0.25, 0.3) is 0 Å². The summed E-state index contributed by atoms with van der Waals surface area (Å²) < 4.78 is 0. The summed E-state index contributed by atoms with van der Waals surface area (Å²) in [7, 11) is 0. The normalized spacial score (nSPS) is 12.6. The van der Waals surface area contributed by atoms with Crippen molar-refractivity contribution in [3.05, 3.63) is 56.8 Å². The van der Waals surface area contributed by atoms with E-state index >= 15 is 0 Å². The smallest absolute Gasteiger partial charge is 0.0671 e. The van der Waals surface area contributed by atoms with Crippen LogP contribution in [0.1, 0.15) is 52.8 Å². The molecule has 1 nitrogen and oxygen atoms in total. The molecule has 0 amide bonds. The Morgan fingerprint density at radius 1 is 1.05 bits per heavy atom. The van der Waals surface area contributed by atoms with Gasteiger partial charge in [-0.1, -0.05) is 32.0 Å². The van der Waals surface area contributed by atoms with Crippen molar-refractivity contribution >= 4 is 11.3 Å². The number of hydrogen-bond acceptors (Lipinski definition) is 2. The SMILES string of the molecule is CCCNC(c1ccc(C)c(C)c1)c1ccc(CC)s1. The zero-order valence-electron chi connectivity index (χ0n) is 13.0. The molecular weight excluding hydrogens is 262 g/mol. The fourth-order valence-electron chi connectivity index (χ4n) is 2.36. The first-order valence-electron chi connectivity index (χ1n) is 7.54. The Morgan fingerprint density at radius 3 is 2.45 bits per heavy atom. The second-order valence-corrected chi connectivity index (χ2v) is 6.59. The van der Waals surface area contributed by atoms with Crippen molar-refractivity contribution in [1.82, 2.24) is 5.32 Å². The molecule has 1 heterocycles. The Morgan fingerprint density at radius 2 is 1.85 bits per heavy atom. The van der Waals surface area contributed by atoms with Crippen molar-refractivity contribution in [2.45, 2.75) is 46.6 Å². The molecule has 0 fully saturated rings. The zero-order chi connectivity index (χ0) is 14.5. The molecule has 1 N–H and O–H groups in total. The number of hydrogen-bond donors (Lipinski definition) is 1. The predicted octanol–water partition coefficient (Wildman–Crippen LogP) is 5.02. The minimum Gasteiger partial charge on any atom is -0.306 e. The summed E-state index contributed by atoms with van der Waals surface area (Å²) in [5.74, 6) is 0. The fourth-order valence-corrected chi connectivity index (χ4v) is 3.41. The van der Waals surface area contributed by atoms with Crippen LogP contribution in [0.5, 0.6) is 0 Å². The van der Waals surface area contributed by atoms with Crippen molar-refractivity contribution in [2.24, 2.45) is 0 Å². The molecule has 0 bridgehead atoms. The minimum absolute atomic E-state index is 0.333. The van der Waals surface area contributed by atoms with E-state index < -0.39 is 0 Å². The van der Waals surface area contributed by atoms with Gasteiger partial charge in [-0.3, -0.25) is 0 Å². The number of aryl methyl sites for hydroxylation is 3. The summed E-state index contributed by atoms with van der Waals surface area (Å²) in [6, 6.07) is 11.7. The molecule has 0 spiro atoms. The number of nitrogens with one attached hydrogen (secondary N) is 1. The highest BCUT2D eigenvalue weighted by molar-refractivity contribution is 7.12. The van der Waals surface area contributed by atoms with E-state index in [9.17, 15) is 0 Å². The summed E-state index contributed by atoms with van der Waals surface area (Å²) in [6.45, 7) is 9.86. The molecule has 0 aliphatic rings. The van der Waals surface area contributed by atoms with E-state index in [-0.39, 0.29) is 0 Å². The van der Waals surface area contributed by atoms with E-state index in [1.165, 1.54) is 26.4 Å². The monoisotopic (exact) mass is 287 g/mol. The maximum Gasteiger partial charge on any atom is 0.0671 e. The van der Waals surface area contributed by atoms with Crippen LogP contribution in [0.15, 0.2) is 30.3 Å². The molecule has 20 heavy (non-hydrogen) atoms. The second-order valence-electron chi connectivity index (χ2n) is 5.39. The van der Waals surface area contributed by atoms with Gasteiger partial charge in [-0.25, -0.2) is 0 Å². The third kappa shape index (κ3) is 3.50. The van der Waals surface area contributed by atoms with Gasteiger partial charge in [0.25, 0.3) is 0 Å². The molecule has 2 aromatic rings. The van der Waals surface area contributed by atoms with Crippen molar-refractivity contribution < 1.29 is 0 Å². The van der Waals surface area contributed by atoms with Gasteiger partial charge in [0.05, 0.1) is 6.04 Å². The third-order valence-electron chi connectivity index (χ3n) is 3.78. The number of rotatable bonds is 6. The molecule has 1 aromatic carbocycles. The van der Waals surface area contributed by atoms with Crippen LogP contribution in [-0.4, -0.2) is 6.54 Å². The first-order valence-corrected chi connectivity index (χ1v) is 8.36. The van der Waals surface area contributed by atoms with E-state index in [0.717, 1.165) is 19.4 Å². The quantitative estimate of drug-likeness (QED) is 0.787. The van der Waals surface area contributed by atoms with Crippen molar-refractivity contribution in [2.75, 3.05) is 6.54 Å². The summed E-state index contributed by atoms with van der Waals surface area (Å²) in [5, 5.41) is 3.70. The van der Waals surface area contributed by atoms with Crippen molar-refractivity contribution in [3.63, 3.8) is 0 Å². The average Bonchev–Trinajstić information content (AvgIpc) is 2.92. The third-order valence-corrected chi connectivity index (χ3v) is 5.07. The molecule has 2 heteroatoms. The standard InChI is InChI=1S/C18H25NS/c1-5-11-19-18(17-10-9-16(6-2)20-17)15-8-7-13(3)14(4)12-15/h7-10,12,18-19H,5-6,11H2,1-4H3. The largest absolute Gasteiger partial charge is 0.306 e. The zero-order valence-corrected chi connectivity index (χ0v) is 13.8. The predicted molar refractivity (Wildman–Crippen MR) is 89.7 cm³/mol. The Bertz CT molecular complexity index is 556. The lowest BCUT2D eigenvalue weighted by Crippen LogP contribution is -2.22. The molecule has 0 radical (unpaired) electrons. The first-order chi connectivity index (χ1) is 9.65. The molecule has 0 saturated carbocycles. The Labute approximate surface area is 127 Å². The van der Waals surface area contributed by atoms with Crippen molar-refractivity contribution in [1.29, 1.82) is 0 Å². The van der Waals surface area contributed by atoms with Crippen LogP contribution in [0.2, 0.25) is 0 Å². The maximum absolute atomic E-state index is 3.70. The Kier molecular flexibility index (Phi) is 5.38. The summed E-state index contributed by atoms with van der Waals surface area (Å²) in [4.78, 5) is 2.89. The molecule has 0 aliphatic heterocycles. The summed E-state index contributed by atoms with van der Waals surface area (Å²) in [6.07, 6.45) is 2.28. The molecule has 0 aliphatic carbocycles. The molecule has 0 saturated heterocycles. The van der Waals surface area contributed by atoms with Gasteiger partial charge in [-0.15, -0.1) is 11.3 Å². The molecule has 2 rings (SSSR count). The molecule has 108 valence electrons. The van der Waals surface area contributed by atoms with Gasteiger partial charge >= 0.3 is 0 Å². The lowest BCUT2D eigenvalue weighted by Gasteiger charge is -2.19. The van der Waals surface area contributed by atoms with Gasteiger partial charge in [-0.2, -0.15) is 0 Å². The highest BCUT2D eigenvalue weighted by atomic mass is 32.1. The summed E-state index contributed by atoms with van der Waals surface area (Å²) >= 11 is 1.93. The Balaban J connectivity index is 2.32. The van der Waals surface area contributed by atoms with Crippen LogP contribution in [0, 0.1) is 13.8 Å². The van der Waals surface area contributed by atoms with Gasteiger partial charge < -0.3 is 5.32 Å². The highest BCUT2D eigenvalue weighted by Crippen LogP contribution is 2.30. The van der Waals surface area contributed by atoms with E-state index in [2.05, 4.69) is 63.3 Å². The average molecular weight is 287 g/mol. The van der Waals surface area contributed by atoms with Gasteiger partial charge in [0.15, 0.2) is 0 Å². The minimum atomic E-state index is 0.333. The number of benzene rings is 1. The fraction of sp³-hybridized carbons (Fsp3) is 0.444. The van der Waals surface area contributed by atoms with Crippen LogP contribution in [-0.2, 0) is 6.42 Å². The van der Waals surface area contributed by atoms with Crippen molar-refractivity contribution in [3.8, 4) is 0 Å². The lowest BCUT2D eigenvalue weighted by molar-refractivity contribution is 0.605. The lowest BCUT2D eigenvalue weighted by atomic mass is 10.00. The first kappa shape index (κ1) is 15.3. The highest BCUT2D eigenvalue weighted by Gasteiger charge is 2.15. The van der Waals surface area contributed by atoms with Gasteiger partial charge in [0, 0.05) is 9.75 Å². The molecule has 1 atom stereocenters. The topological polar surface area (TPSA) is 12.0 Å². The van der Waals surface area contributed by atoms with Gasteiger partial charge in [0.2, 0.25) is 0 Å². The Hall–Kier alpha value is -1.12. The van der Waals surface area contributed by atoms with Crippen LogP contribution < -0.4 is 5.32 Å². The van der Waals surface area contributed by atoms with E-state index in [0.29, 0.717) is 6.04 Å². The van der Waals surface area contributed by atoms with E-state index in [1.807, 2.05) is 11.3 Å². The van der Waals surface area contributed by atoms with Crippen LogP contribution in [0.3, 0.4) is 0 Å². The van der Waals surface area contributed by atoms with E-state index in [1.54, 1.807) is 0 Å². The van der Waals surface area contributed by atoms with Gasteiger partial charge in [0.1, 0.15) is 0 Å². The maximum atomic E-state index is 3.70. The molecule has 1 unspecified atom stereocenters. The van der Waals surface area contributed by atoms with Crippen LogP contribution >= 0.6 is 11.3 Å². The molecule has 1 aromatic heterocycles. The van der Waals surface area contributed by atoms with E-state index in [4.69, 9.17) is 0 Å².